The molecule has 2 atom stereocenters. The maximum absolute atomic E-state index is 4.27. The van der Waals surface area contributed by atoms with Gasteiger partial charge in [0.1, 0.15) is 0 Å². The second-order valence-electron chi connectivity index (χ2n) is 4.95. The van der Waals surface area contributed by atoms with E-state index in [0.717, 1.165) is 18.4 Å². The second kappa shape index (κ2) is 6.43. The average molecular weight is 245 g/mol. The Morgan fingerprint density at radius 1 is 1.33 bits per heavy atom. The minimum atomic E-state index is 0.631. The van der Waals surface area contributed by atoms with E-state index >= 15 is 0 Å². The molecule has 18 heavy (non-hydrogen) atoms. The predicted octanol–water partition coefficient (Wildman–Crippen LogP) is 2.54. The van der Waals surface area contributed by atoms with Crippen LogP contribution in [0.1, 0.15) is 31.7 Å². The van der Waals surface area contributed by atoms with Gasteiger partial charge in [-0.25, -0.2) is 0 Å². The summed E-state index contributed by atoms with van der Waals surface area (Å²) in [7, 11) is 1.83. The molecule has 3 heteroatoms. The van der Waals surface area contributed by atoms with E-state index in [9.17, 15) is 0 Å². The first kappa shape index (κ1) is 12.9. The van der Waals surface area contributed by atoms with Crippen LogP contribution in [0, 0.1) is 5.92 Å². The molecule has 1 aliphatic rings. The molecule has 0 radical (unpaired) electrons. The minimum Gasteiger partial charge on any atom is -0.353 e. The largest absolute Gasteiger partial charge is 0.353 e. The van der Waals surface area contributed by atoms with Crippen LogP contribution in [-0.4, -0.2) is 19.0 Å². The van der Waals surface area contributed by atoms with E-state index in [0.29, 0.717) is 6.04 Å². The van der Waals surface area contributed by atoms with Crippen molar-refractivity contribution in [2.24, 2.45) is 10.9 Å². The first-order valence-corrected chi connectivity index (χ1v) is 6.84. The first-order chi connectivity index (χ1) is 8.83. The van der Waals surface area contributed by atoms with Gasteiger partial charge in [-0.15, -0.1) is 0 Å². The molecule has 1 saturated carbocycles. The molecule has 2 unspecified atom stereocenters. The molecule has 3 nitrogen and oxygen atoms in total. The van der Waals surface area contributed by atoms with Crippen molar-refractivity contribution in [1.82, 2.24) is 10.6 Å². The van der Waals surface area contributed by atoms with E-state index in [2.05, 4.69) is 46.8 Å². The molecule has 2 rings (SSSR count). The highest BCUT2D eigenvalue weighted by atomic mass is 15.2. The second-order valence-corrected chi connectivity index (χ2v) is 4.95. The highest BCUT2D eigenvalue weighted by Crippen LogP contribution is 2.34. The lowest BCUT2D eigenvalue weighted by Crippen LogP contribution is -2.38. The lowest BCUT2D eigenvalue weighted by atomic mass is 10.2. The molecule has 0 amide bonds. The molecular weight excluding hydrogens is 222 g/mol. The standard InChI is InChI=1S/C15H23N3/c1-3-7-13-10-14(13)18-15(16-2)17-11-12-8-5-4-6-9-12/h4-6,8-9,13-14H,3,7,10-11H2,1-2H3,(H2,16,17,18). The number of rotatable bonds is 5. The number of benzene rings is 1. The summed E-state index contributed by atoms with van der Waals surface area (Å²) >= 11 is 0. The van der Waals surface area contributed by atoms with Gasteiger partial charge in [0, 0.05) is 19.6 Å². The maximum atomic E-state index is 4.27. The fraction of sp³-hybridized carbons (Fsp3) is 0.533. The summed E-state index contributed by atoms with van der Waals surface area (Å²) in [5, 5.41) is 6.84. The molecule has 0 bridgehead atoms. The molecule has 0 aliphatic heterocycles. The van der Waals surface area contributed by atoms with Crippen molar-refractivity contribution in [3.63, 3.8) is 0 Å². The van der Waals surface area contributed by atoms with Crippen molar-refractivity contribution >= 4 is 5.96 Å². The molecular formula is C15H23N3. The van der Waals surface area contributed by atoms with Crippen LogP contribution >= 0.6 is 0 Å². The SMILES string of the molecule is CCCC1CC1NC(=NC)NCc1ccccc1. The molecule has 0 heterocycles. The van der Waals surface area contributed by atoms with Gasteiger partial charge in [-0.05, 0) is 24.3 Å². The van der Waals surface area contributed by atoms with Crippen molar-refractivity contribution in [1.29, 1.82) is 0 Å². The monoisotopic (exact) mass is 245 g/mol. The highest BCUT2D eigenvalue weighted by molar-refractivity contribution is 5.80. The van der Waals surface area contributed by atoms with Crippen LogP contribution in [0.5, 0.6) is 0 Å². The Morgan fingerprint density at radius 3 is 2.78 bits per heavy atom. The fourth-order valence-electron chi connectivity index (χ4n) is 2.27. The molecule has 0 aromatic heterocycles. The Hall–Kier alpha value is -1.51. The topological polar surface area (TPSA) is 36.4 Å². The Labute approximate surface area is 110 Å². The number of aliphatic imine (C=N–C) groups is 1. The normalized spacial score (nSPS) is 22.7. The summed E-state index contributed by atoms with van der Waals surface area (Å²) in [6.07, 6.45) is 3.89. The van der Waals surface area contributed by atoms with E-state index in [1.54, 1.807) is 0 Å². The van der Waals surface area contributed by atoms with E-state index in [1.807, 2.05) is 13.1 Å². The van der Waals surface area contributed by atoms with Crippen LogP contribution in [0.25, 0.3) is 0 Å². The van der Waals surface area contributed by atoms with Gasteiger partial charge < -0.3 is 10.6 Å². The highest BCUT2D eigenvalue weighted by Gasteiger charge is 2.36. The van der Waals surface area contributed by atoms with Gasteiger partial charge in [-0.1, -0.05) is 43.7 Å². The first-order valence-electron chi connectivity index (χ1n) is 6.84. The Morgan fingerprint density at radius 2 is 2.11 bits per heavy atom. The van der Waals surface area contributed by atoms with E-state index < -0.39 is 0 Å². The third-order valence-corrected chi connectivity index (χ3v) is 3.43. The molecule has 0 saturated heterocycles. The van der Waals surface area contributed by atoms with Gasteiger partial charge in [-0.3, -0.25) is 4.99 Å². The summed E-state index contributed by atoms with van der Waals surface area (Å²) in [5.41, 5.74) is 1.28. The zero-order valence-electron chi connectivity index (χ0n) is 11.3. The Kier molecular flexibility index (Phi) is 4.62. The van der Waals surface area contributed by atoms with Crippen molar-refractivity contribution in [3.05, 3.63) is 35.9 Å². The van der Waals surface area contributed by atoms with Gasteiger partial charge >= 0.3 is 0 Å². The third kappa shape index (κ3) is 3.76. The molecule has 98 valence electrons. The van der Waals surface area contributed by atoms with E-state index in [1.165, 1.54) is 24.8 Å². The quantitative estimate of drug-likeness (QED) is 0.618. The number of hydrogen-bond donors (Lipinski definition) is 2. The van der Waals surface area contributed by atoms with Crippen LogP contribution in [-0.2, 0) is 6.54 Å². The van der Waals surface area contributed by atoms with E-state index in [4.69, 9.17) is 0 Å². The van der Waals surface area contributed by atoms with Crippen LogP contribution in [0.15, 0.2) is 35.3 Å². The van der Waals surface area contributed by atoms with Crippen LogP contribution in [0.2, 0.25) is 0 Å². The van der Waals surface area contributed by atoms with E-state index in [-0.39, 0.29) is 0 Å². The van der Waals surface area contributed by atoms with Gasteiger partial charge in [0.2, 0.25) is 0 Å². The molecule has 1 aromatic carbocycles. The number of nitrogens with zero attached hydrogens (tertiary/aromatic N) is 1. The van der Waals surface area contributed by atoms with Crippen LogP contribution < -0.4 is 10.6 Å². The number of guanidine groups is 1. The molecule has 0 spiro atoms. The average Bonchev–Trinajstić information content (AvgIpc) is 3.14. The smallest absolute Gasteiger partial charge is 0.191 e. The molecule has 1 aromatic rings. The zero-order chi connectivity index (χ0) is 12.8. The molecule has 2 N–H and O–H groups in total. The number of hydrogen-bond acceptors (Lipinski definition) is 1. The van der Waals surface area contributed by atoms with Crippen molar-refractivity contribution in [3.8, 4) is 0 Å². The summed E-state index contributed by atoms with van der Waals surface area (Å²) in [5.74, 6) is 1.77. The Bertz CT molecular complexity index is 386. The minimum absolute atomic E-state index is 0.631. The maximum Gasteiger partial charge on any atom is 0.191 e. The molecule has 1 fully saturated rings. The summed E-state index contributed by atoms with van der Waals surface area (Å²) in [4.78, 5) is 4.27. The van der Waals surface area contributed by atoms with Gasteiger partial charge in [0.15, 0.2) is 5.96 Å². The van der Waals surface area contributed by atoms with Gasteiger partial charge in [0.05, 0.1) is 0 Å². The van der Waals surface area contributed by atoms with Gasteiger partial charge in [0.25, 0.3) is 0 Å². The molecule has 1 aliphatic carbocycles. The summed E-state index contributed by atoms with van der Waals surface area (Å²) in [6.45, 7) is 3.07. The van der Waals surface area contributed by atoms with Gasteiger partial charge in [-0.2, -0.15) is 0 Å². The lowest BCUT2D eigenvalue weighted by molar-refractivity contribution is 0.655. The fourth-order valence-corrected chi connectivity index (χ4v) is 2.27. The zero-order valence-corrected chi connectivity index (χ0v) is 11.3. The van der Waals surface area contributed by atoms with Crippen LogP contribution in [0.4, 0.5) is 0 Å². The predicted molar refractivity (Wildman–Crippen MR) is 76.6 cm³/mol. The van der Waals surface area contributed by atoms with Crippen molar-refractivity contribution < 1.29 is 0 Å². The number of nitrogens with one attached hydrogen (secondary N) is 2. The third-order valence-electron chi connectivity index (χ3n) is 3.43. The Balaban J connectivity index is 1.74. The van der Waals surface area contributed by atoms with Crippen molar-refractivity contribution in [2.75, 3.05) is 7.05 Å². The van der Waals surface area contributed by atoms with Crippen LogP contribution in [0.3, 0.4) is 0 Å². The van der Waals surface area contributed by atoms with Crippen molar-refractivity contribution in [2.45, 2.75) is 38.8 Å². The lowest BCUT2D eigenvalue weighted by Gasteiger charge is -2.11. The summed E-state index contributed by atoms with van der Waals surface area (Å²) in [6, 6.07) is 11.0. The summed E-state index contributed by atoms with van der Waals surface area (Å²) < 4.78 is 0.